The van der Waals surface area contributed by atoms with Crippen molar-refractivity contribution in [3.8, 4) is 5.75 Å². The molecule has 2 aromatic heterocycles. The summed E-state index contributed by atoms with van der Waals surface area (Å²) in [5.41, 5.74) is 1.33. The summed E-state index contributed by atoms with van der Waals surface area (Å²) in [5.74, 6) is 2.25. The van der Waals surface area contributed by atoms with Gasteiger partial charge >= 0.3 is 5.97 Å². The first kappa shape index (κ1) is 18.6. The summed E-state index contributed by atoms with van der Waals surface area (Å²) in [6.07, 6.45) is 1.33. The zero-order chi connectivity index (χ0) is 19.0. The molecule has 1 fully saturated rings. The van der Waals surface area contributed by atoms with Crippen LogP contribution in [0.1, 0.15) is 10.1 Å². The number of thioether (sulfide) groups is 2. The fourth-order valence-electron chi connectivity index (χ4n) is 2.79. The number of carbonyl (C=O) groups is 1. The Labute approximate surface area is 171 Å². The van der Waals surface area contributed by atoms with Gasteiger partial charge in [0.1, 0.15) is 28.6 Å². The Balaban J connectivity index is 1.48. The maximum atomic E-state index is 12.6. The highest BCUT2D eigenvalue weighted by molar-refractivity contribution is 9.10. The van der Waals surface area contributed by atoms with Gasteiger partial charge in [-0.15, -0.1) is 23.5 Å². The number of hydrogen-bond donors (Lipinski definition) is 0. The second kappa shape index (κ2) is 7.69. The van der Waals surface area contributed by atoms with Gasteiger partial charge in [0.25, 0.3) is 5.56 Å². The first-order chi connectivity index (χ1) is 13.0. The van der Waals surface area contributed by atoms with Crippen LogP contribution in [-0.2, 0) is 18.4 Å². The lowest BCUT2D eigenvalue weighted by Gasteiger charge is -2.10. The van der Waals surface area contributed by atoms with Crippen molar-refractivity contribution in [2.75, 3.05) is 11.5 Å². The number of rotatable bonds is 4. The Morgan fingerprint density at radius 2 is 2.00 bits per heavy atom. The third-order valence-electron chi connectivity index (χ3n) is 4.07. The van der Waals surface area contributed by atoms with Crippen LogP contribution in [0, 0.1) is 0 Å². The number of fused-ring (bicyclic) bond motifs is 1. The lowest BCUT2D eigenvalue weighted by molar-refractivity contribution is -0.135. The van der Waals surface area contributed by atoms with Gasteiger partial charge in [-0.3, -0.25) is 9.36 Å². The monoisotopic (exact) mass is 466 g/mol. The van der Waals surface area contributed by atoms with Crippen molar-refractivity contribution >= 4 is 56.5 Å². The van der Waals surface area contributed by atoms with E-state index in [2.05, 4.69) is 26.0 Å². The number of nitrogens with zero attached hydrogens (tertiary/aromatic N) is 4. The van der Waals surface area contributed by atoms with Crippen LogP contribution in [0.5, 0.6) is 5.75 Å². The average Bonchev–Trinajstić information content (AvgIpc) is 3.27. The van der Waals surface area contributed by atoms with Crippen LogP contribution in [0.2, 0.25) is 0 Å². The number of aryl methyl sites for hydroxylation is 1. The number of ether oxygens (including phenoxy) is 1. The van der Waals surface area contributed by atoms with Gasteiger partial charge in [-0.2, -0.15) is 5.10 Å². The van der Waals surface area contributed by atoms with Crippen molar-refractivity contribution in [1.82, 2.24) is 19.3 Å². The lowest BCUT2D eigenvalue weighted by atomic mass is 10.2. The van der Waals surface area contributed by atoms with Gasteiger partial charge in [-0.1, -0.05) is 12.1 Å². The standard InChI is InChI=1S/C17H15BrN4O3S2/c1-21-15-13(14(18)20-21)16(24)22(9-19-15)8-12(23)25-11-4-2-10(3-5-11)17-26-6-7-27-17/h2-5,9,17H,6-8H2,1H3. The fraction of sp³-hybridized carbons (Fsp3) is 0.294. The van der Waals surface area contributed by atoms with Crippen molar-refractivity contribution < 1.29 is 9.53 Å². The molecule has 3 heterocycles. The van der Waals surface area contributed by atoms with E-state index >= 15 is 0 Å². The van der Waals surface area contributed by atoms with E-state index in [0.717, 1.165) is 11.5 Å². The Bertz CT molecular complexity index is 1060. The number of hydrogen-bond acceptors (Lipinski definition) is 7. The molecule has 1 saturated heterocycles. The molecule has 0 radical (unpaired) electrons. The maximum Gasteiger partial charge on any atom is 0.331 e. The van der Waals surface area contributed by atoms with Gasteiger partial charge in [-0.05, 0) is 33.6 Å². The van der Waals surface area contributed by atoms with Crippen LogP contribution in [-0.4, -0.2) is 36.8 Å². The van der Waals surface area contributed by atoms with E-state index in [9.17, 15) is 9.59 Å². The molecule has 1 aliphatic heterocycles. The molecule has 1 aliphatic rings. The first-order valence-corrected chi connectivity index (χ1v) is 11.0. The zero-order valence-electron chi connectivity index (χ0n) is 14.3. The Hall–Kier alpha value is -1.78. The van der Waals surface area contributed by atoms with Gasteiger partial charge in [0, 0.05) is 18.6 Å². The molecule has 0 aliphatic carbocycles. The molecule has 10 heteroatoms. The minimum absolute atomic E-state index is 0.223. The molecule has 0 unspecified atom stereocenters. The average molecular weight is 467 g/mol. The number of benzene rings is 1. The second-order valence-corrected chi connectivity index (χ2v) is 9.38. The van der Waals surface area contributed by atoms with Gasteiger partial charge in [0.05, 0.1) is 4.58 Å². The van der Waals surface area contributed by atoms with Gasteiger partial charge in [-0.25, -0.2) is 14.5 Å². The van der Waals surface area contributed by atoms with E-state index in [1.165, 1.54) is 21.1 Å². The van der Waals surface area contributed by atoms with Crippen LogP contribution in [0.4, 0.5) is 0 Å². The highest BCUT2D eigenvalue weighted by Crippen LogP contribution is 2.45. The van der Waals surface area contributed by atoms with Crippen molar-refractivity contribution in [3.05, 3.63) is 51.1 Å². The molecule has 0 N–H and O–H groups in total. The van der Waals surface area contributed by atoms with E-state index < -0.39 is 5.97 Å². The molecule has 27 heavy (non-hydrogen) atoms. The smallest absolute Gasteiger partial charge is 0.331 e. The van der Waals surface area contributed by atoms with Crippen molar-refractivity contribution in [1.29, 1.82) is 0 Å². The predicted molar refractivity (Wildman–Crippen MR) is 110 cm³/mol. The third kappa shape index (κ3) is 3.78. The largest absolute Gasteiger partial charge is 0.425 e. The molecular formula is C17H15BrN4O3S2. The second-order valence-electron chi connectivity index (χ2n) is 5.91. The van der Waals surface area contributed by atoms with Crippen molar-refractivity contribution in [3.63, 3.8) is 0 Å². The third-order valence-corrected chi connectivity index (χ3v) is 7.73. The number of carbonyl (C=O) groups excluding carboxylic acids is 1. The van der Waals surface area contributed by atoms with E-state index in [4.69, 9.17) is 4.74 Å². The molecule has 0 atom stereocenters. The summed E-state index contributed by atoms with van der Waals surface area (Å²) >= 11 is 7.10. The van der Waals surface area contributed by atoms with E-state index in [1.54, 1.807) is 19.2 Å². The minimum Gasteiger partial charge on any atom is -0.425 e. The fourth-order valence-corrected chi connectivity index (χ4v) is 6.24. The lowest BCUT2D eigenvalue weighted by Crippen LogP contribution is -2.27. The summed E-state index contributed by atoms with van der Waals surface area (Å²) in [4.78, 5) is 29.0. The van der Waals surface area contributed by atoms with Crippen LogP contribution in [0.3, 0.4) is 0 Å². The molecule has 0 amide bonds. The van der Waals surface area contributed by atoms with Crippen LogP contribution < -0.4 is 10.3 Å². The maximum absolute atomic E-state index is 12.6. The van der Waals surface area contributed by atoms with Gasteiger partial charge < -0.3 is 4.74 Å². The molecular weight excluding hydrogens is 452 g/mol. The first-order valence-electron chi connectivity index (χ1n) is 8.14. The van der Waals surface area contributed by atoms with E-state index in [0.29, 0.717) is 26.0 Å². The molecule has 0 bridgehead atoms. The van der Waals surface area contributed by atoms with Crippen molar-refractivity contribution in [2.24, 2.45) is 7.05 Å². The quantitative estimate of drug-likeness (QED) is 0.431. The molecule has 7 nitrogen and oxygen atoms in total. The van der Waals surface area contributed by atoms with E-state index in [-0.39, 0.29) is 12.1 Å². The summed E-state index contributed by atoms with van der Waals surface area (Å²) in [7, 11) is 1.70. The molecule has 4 rings (SSSR count). The molecule has 0 spiro atoms. The normalized spacial score (nSPS) is 14.7. The Kier molecular flexibility index (Phi) is 5.29. The van der Waals surface area contributed by atoms with Gasteiger partial charge in [0.15, 0.2) is 5.65 Å². The topological polar surface area (TPSA) is 79.0 Å². The number of halogens is 1. The predicted octanol–water partition coefficient (Wildman–Crippen LogP) is 2.98. The Morgan fingerprint density at radius 1 is 1.30 bits per heavy atom. The summed E-state index contributed by atoms with van der Waals surface area (Å²) in [5, 5.41) is 4.45. The van der Waals surface area contributed by atoms with Crippen LogP contribution in [0.15, 0.2) is 40.0 Å². The van der Waals surface area contributed by atoms with E-state index in [1.807, 2.05) is 35.7 Å². The summed E-state index contributed by atoms with van der Waals surface area (Å²) in [6.45, 7) is -0.223. The van der Waals surface area contributed by atoms with Crippen LogP contribution in [0.25, 0.3) is 11.0 Å². The van der Waals surface area contributed by atoms with Crippen LogP contribution >= 0.6 is 39.5 Å². The van der Waals surface area contributed by atoms with Gasteiger partial charge in [0.2, 0.25) is 0 Å². The summed E-state index contributed by atoms with van der Waals surface area (Å²) < 4.78 is 8.94. The zero-order valence-corrected chi connectivity index (χ0v) is 17.5. The highest BCUT2D eigenvalue weighted by atomic mass is 79.9. The number of esters is 1. The SMILES string of the molecule is Cn1nc(Br)c2c(=O)n(CC(=O)Oc3ccc(C4SCCS4)cc3)cnc21. The molecule has 1 aromatic carbocycles. The molecule has 3 aromatic rings. The molecule has 140 valence electrons. The molecule has 0 saturated carbocycles. The Morgan fingerprint density at radius 3 is 2.70 bits per heavy atom. The summed E-state index contributed by atoms with van der Waals surface area (Å²) in [6, 6.07) is 7.53. The number of aromatic nitrogens is 4. The van der Waals surface area contributed by atoms with Crippen molar-refractivity contribution in [2.45, 2.75) is 11.1 Å². The highest BCUT2D eigenvalue weighted by Gasteiger charge is 2.19. The minimum atomic E-state index is -0.532.